The quantitative estimate of drug-likeness (QED) is 0.454. The van der Waals surface area contributed by atoms with E-state index in [2.05, 4.69) is 20.6 Å². The molecule has 0 spiro atoms. The zero-order chi connectivity index (χ0) is 14.4. The van der Waals surface area contributed by atoms with E-state index in [0.717, 1.165) is 17.4 Å². The first-order valence-electron chi connectivity index (χ1n) is 6.97. The molecule has 0 bridgehead atoms. The molecule has 1 aromatic heterocycles. The molecule has 0 aromatic carbocycles. The summed E-state index contributed by atoms with van der Waals surface area (Å²) in [5, 5.41) is 6.37. The van der Waals surface area contributed by atoms with Crippen LogP contribution in [-0.4, -0.2) is 28.6 Å². The molecule has 2 rings (SSSR count). The maximum Gasteiger partial charge on any atom is 0.319 e. The predicted molar refractivity (Wildman–Crippen MR) is 89.1 cm³/mol. The zero-order valence-electron chi connectivity index (χ0n) is 12.1. The summed E-state index contributed by atoms with van der Waals surface area (Å²) in [5.41, 5.74) is 0. The van der Waals surface area contributed by atoms with Crippen LogP contribution in [-0.2, 0) is 6.54 Å². The van der Waals surface area contributed by atoms with Gasteiger partial charge in [0.25, 0.3) is 0 Å². The van der Waals surface area contributed by atoms with Crippen molar-refractivity contribution in [1.29, 1.82) is 0 Å². The van der Waals surface area contributed by atoms with E-state index in [1.807, 2.05) is 0 Å². The minimum Gasteiger partial charge on any atom is -0.354 e. The van der Waals surface area contributed by atoms with Gasteiger partial charge in [0, 0.05) is 25.5 Å². The second-order valence-electron chi connectivity index (χ2n) is 4.93. The van der Waals surface area contributed by atoms with Crippen molar-refractivity contribution in [1.82, 2.24) is 20.2 Å². The van der Waals surface area contributed by atoms with Gasteiger partial charge in [-0.3, -0.25) is 9.56 Å². The lowest BCUT2D eigenvalue weighted by Gasteiger charge is -2.24. The Hall–Kier alpha value is -0.930. The molecule has 1 saturated carbocycles. The van der Waals surface area contributed by atoms with Gasteiger partial charge in [0.2, 0.25) is 0 Å². The van der Waals surface area contributed by atoms with Crippen molar-refractivity contribution in [2.75, 3.05) is 7.05 Å². The molecule has 0 unspecified atom stereocenters. The smallest absolute Gasteiger partial charge is 0.319 e. The number of nitrogens with zero attached hydrogens (tertiary/aromatic N) is 3. The fourth-order valence-electron chi connectivity index (χ4n) is 2.46. The average Bonchev–Trinajstić information content (AvgIpc) is 2.93. The predicted octanol–water partition coefficient (Wildman–Crippen LogP) is 2.89. The first-order valence-corrected chi connectivity index (χ1v) is 6.97. The number of imidazole rings is 1. The number of hydrogen-bond acceptors (Lipinski definition) is 2. The summed E-state index contributed by atoms with van der Waals surface area (Å²) in [7, 11) is 1.68. The Morgan fingerprint density at radius 3 is 2.76 bits per heavy atom. The molecular formula is C13H22F2IN5. The highest BCUT2D eigenvalue weighted by molar-refractivity contribution is 14.0. The number of alkyl halides is 2. The lowest BCUT2D eigenvalue weighted by Crippen LogP contribution is -2.44. The van der Waals surface area contributed by atoms with Gasteiger partial charge < -0.3 is 10.6 Å². The van der Waals surface area contributed by atoms with Crippen LogP contribution in [0, 0.1) is 0 Å². The number of aromatic nitrogens is 2. The summed E-state index contributed by atoms with van der Waals surface area (Å²) in [6.45, 7) is -2.34. The largest absolute Gasteiger partial charge is 0.354 e. The monoisotopic (exact) mass is 413 g/mol. The summed E-state index contributed by atoms with van der Waals surface area (Å²) < 4.78 is 26.2. The van der Waals surface area contributed by atoms with Gasteiger partial charge in [0.15, 0.2) is 5.96 Å². The van der Waals surface area contributed by atoms with Crippen LogP contribution in [0.2, 0.25) is 0 Å². The minimum atomic E-state index is -2.57. The fourth-order valence-corrected chi connectivity index (χ4v) is 2.46. The number of nitrogens with one attached hydrogen (secondary N) is 2. The molecular weight excluding hydrogens is 391 g/mol. The Morgan fingerprint density at radius 2 is 2.14 bits per heavy atom. The molecule has 0 amide bonds. The molecule has 8 heteroatoms. The van der Waals surface area contributed by atoms with Crippen LogP contribution in [0.1, 0.15) is 44.5 Å². The van der Waals surface area contributed by atoms with E-state index in [9.17, 15) is 8.78 Å². The standard InChI is InChI=1S/C13H21F2N5.HI/c1-16-13(19-10-5-3-2-4-6-10)18-9-11-17-7-8-20(11)12(14)15;/h7-8,10,12H,2-6,9H2,1H3,(H2,16,18,19);1H. The number of hydrogen-bond donors (Lipinski definition) is 2. The summed E-state index contributed by atoms with van der Waals surface area (Å²) >= 11 is 0. The van der Waals surface area contributed by atoms with Crippen LogP contribution in [0.5, 0.6) is 0 Å². The lowest BCUT2D eigenvalue weighted by molar-refractivity contribution is 0.0668. The van der Waals surface area contributed by atoms with Crippen molar-refractivity contribution in [2.45, 2.75) is 51.2 Å². The Morgan fingerprint density at radius 1 is 1.43 bits per heavy atom. The third-order valence-corrected chi connectivity index (χ3v) is 3.54. The van der Waals surface area contributed by atoms with E-state index in [1.54, 1.807) is 7.05 Å². The maximum absolute atomic E-state index is 12.7. The summed E-state index contributed by atoms with van der Waals surface area (Å²) in [5.74, 6) is 0.937. The van der Waals surface area contributed by atoms with Crippen LogP contribution >= 0.6 is 24.0 Å². The molecule has 0 radical (unpaired) electrons. The Balaban J connectivity index is 0.00000220. The van der Waals surface area contributed by atoms with Crippen molar-refractivity contribution >= 4 is 29.9 Å². The van der Waals surface area contributed by atoms with Crippen LogP contribution in [0.4, 0.5) is 8.78 Å². The summed E-state index contributed by atoms with van der Waals surface area (Å²) in [6.07, 6.45) is 8.66. The topological polar surface area (TPSA) is 54.2 Å². The first kappa shape index (κ1) is 18.1. The number of aliphatic imine (C=N–C) groups is 1. The number of guanidine groups is 1. The van der Waals surface area contributed by atoms with Crippen LogP contribution in [0.15, 0.2) is 17.4 Å². The van der Waals surface area contributed by atoms with Gasteiger partial charge in [-0.1, -0.05) is 19.3 Å². The van der Waals surface area contributed by atoms with Gasteiger partial charge in [-0.2, -0.15) is 8.78 Å². The molecule has 0 atom stereocenters. The van der Waals surface area contributed by atoms with E-state index in [1.165, 1.54) is 31.7 Å². The third kappa shape index (κ3) is 5.40. The maximum atomic E-state index is 12.7. The molecule has 1 fully saturated rings. The second kappa shape index (κ2) is 9.16. The SMILES string of the molecule is CN=C(NCc1nccn1C(F)F)NC1CCCCC1.I. The third-order valence-electron chi connectivity index (χ3n) is 3.54. The molecule has 1 heterocycles. The van der Waals surface area contributed by atoms with E-state index in [0.29, 0.717) is 17.8 Å². The van der Waals surface area contributed by atoms with Crippen molar-refractivity contribution in [2.24, 2.45) is 4.99 Å². The number of halogens is 3. The van der Waals surface area contributed by atoms with E-state index in [-0.39, 0.29) is 30.5 Å². The Labute approximate surface area is 140 Å². The first-order chi connectivity index (χ1) is 9.70. The normalized spacial score (nSPS) is 16.7. The Kier molecular flexibility index (Phi) is 7.91. The van der Waals surface area contributed by atoms with Gasteiger partial charge in [-0.25, -0.2) is 4.98 Å². The summed E-state index contributed by atoms with van der Waals surface area (Å²) in [4.78, 5) is 8.05. The van der Waals surface area contributed by atoms with Crippen molar-refractivity contribution in [3.8, 4) is 0 Å². The van der Waals surface area contributed by atoms with Crippen LogP contribution < -0.4 is 10.6 Å². The number of rotatable bonds is 4. The molecule has 2 N–H and O–H groups in total. The van der Waals surface area contributed by atoms with Crippen molar-refractivity contribution in [3.05, 3.63) is 18.2 Å². The van der Waals surface area contributed by atoms with Gasteiger partial charge >= 0.3 is 6.55 Å². The summed E-state index contributed by atoms with van der Waals surface area (Å²) in [6, 6.07) is 0.421. The van der Waals surface area contributed by atoms with E-state index in [4.69, 9.17) is 0 Å². The molecule has 5 nitrogen and oxygen atoms in total. The minimum absolute atomic E-state index is 0. The van der Waals surface area contributed by atoms with E-state index < -0.39 is 6.55 Å². The second-order valence-corrected chi connectivity index (χ2v) is 4.93. The molecule has 1 aliphatic carbocycles. The molecule has 0 aliphatic heterocycles. The van der Waals surface area contributed by atoms with Gasteiger partial charge in [0.1, 0.15) is 5.82 Å². The lowest BCUT2D eigenvalue weighted by atomic mass is 9.96. The Bertz CT molecular complexity index is 444. The highest BCUT2D eigenvalue weighted by Gasteiger charge is 2.15. The van der Waals surface area contributed by atoms with Gasteiger partial charge in [0.05, 0.1) is 6.54 Å². The molecule has 21 heavy (non-hydrogen) atoms. The van der Waals surface area contributed by atoms with Gasteiger partial charge in [-0.05, 0) is 12.8 Å². The average molecular weight is 413 g/mol. The van der Waals surface area contributed by atoms with Crippen molar-refractivity contribution in [3.63, 3.8) is 0 Å². The van der Waals surface area contributed by atoms with Crippen LogP contribution in [0.25, 0.3) is 0 Å². The fraction of sp³-hybridized carbons (Fsp3) is 0.692. The molecule has 120 valence electrons. The molecule has 1 aliphatic rings. The molecule has 0 saturated heterocycles. The van der Waals surface area contributed by atoms with E-state index >= 15 is 0 Å². The highest BCUT2D eigenvalue weighted by atomic mass is 127. The van der Waals surface area contributed by atoms with Crippen LogP contribution in [0.3, 0.4) is 0 Å². The zero-order valence-corrected chi connectivity index (χ0v) is 14.4. The molecule has 1 aromatic rings. The highest BCUT2D eigenvalue weighted by Crippen LogP contribution is 2.17. The van der Waals surface area contributed by atoms with Crippen molar-refractivity contribution < 1.29 is 8.78 Å². The van der Waals surface area contributed by atoms with Gasteiger partial charge in [-0.15, -0.1) is 24.0 Å².